The van der Waals surface area contributed by atoms with Crippen LogP contribution in [-0.2, 0) is 0 Å². The SMILES string of the molecule is CC(N)CCCOc1c(Cl)cc(Cl)cc1Cl. The molecule has 0 radical (unpaired) electrons. The van der Waals surface area contributed by atoms with Crippen molar-refractivity contribution in [1.29, 1.82) is 0 Å². The molecule has 1 aromatic rings. The maximum Gasteiger partial charge on any atom is 0.156 e. The van der Waals surface area contributed by atoms with Gasteiger partial charge in [-0.25, -0.2) is 0 Å². The van der Waals surface area contributed by atoms with Crippen LogP contribution >= 0.6 is 34.8 Å². The summed E-state index contributed by atoms with van der Waals surface area (Å²) in [7, 11) is 0. The first-order valence-corrected chi connectivity index (χ1v) is 6.17. The molecule has 0 aliphatic rings. The molecule has 2 nitrogen and oxygen atoms in total. The highest BCUT2D eigenvalue weighted by Crippen LogP contribution is 2.35. The lowest BCUT2D eigenvalue weighted by atomic mass is 10.2. The number of ether oxygens (including phenoxy) is 1. The average molecular weight is 283 g/mol. The third-order valence-electron chi connectivity index (χ3n) is 2.01. The van der Waals surface area contributed by atoms with E-state index in [4.69, 9.17) is 45.3 Å². The zero-order valence-corrected chi connectivity index (χ0v) is 11.2. The lowest BCUT2D eigenvalue weighted by Gasteiger charge is -2.11. The van der Waals surface area contributed by atoms with Crippen LogP contribution < -0.4 is 10.5 Å². The Labute approximate surface area is 111 Å². The number of rotatable bonds is 5. The molecule has 0 aliphatic carbocycles. The van der Waals surface area contributed by atoms with Gasteiger partial charge in [0.2, 0.25) is 0 Å². The summed E-state index contributed by atoms with van der Waals surface area (Å²) in [6.45, 7) is 2.50. The molecule has 1 atom stereocenters. The van der Waals surface area contributed by atoms with E-state index in [2.05, 4.69) is 0 Å². The highest BCUT2D eigenvalue weighted by molar-refractivity contribution is 6.40. The molecular weight excluding hydrogens is 268 g/mol. The second-order valence-electron chi connectivity index (χ2n) is 3.67. The molecule has 0 saturated heterocycles. The van der Waals surface area contributed by atoms with Crippen LogP contribution in [-0.4, -0.2) is 12.6 Å². The van der Waals surface area contributed by atoms with Crippen molar-refractivity contribution < 1.29 is 4.74 Å². The van der Waals surface area contributed by atoms with Gasteiger partial charge in [0, 0.05) is 11.1 Å². The summed E-state index contributed by atoms with van der Waals surface area (Å²) in [6.07, 6.45) is 1.77. The molecule has 0 aromatic heterocycles. The molecule has 1 unspecified atom stereocenters. The first-order valence-electron chi connectivity index (χ1n) is 5.03. The van der Waals surface area contributed by atoms with E-state index in [1.54, 1.807) is 12.1 Å². The quantitative estimate of drug-likeness (QED) is 0.823. The van der Waals surface area contributed by atoms with E-state index < -0.39 is 0 Å². The minimum absolute atomic E-state index is 0.180. The van der Waals surface area contributed by atoms with Gasteiger partial charge in [0.15, 0.2) is 5.75 Å². The van der Waals surface area contributed by atoms with Gasteiger partial charge in [0.05, 0.1) is 16.7 Å². The summed E-state index contributed by atoms with van der Waals surface area (Å²) in [5.41, 5.74) is 5.63. The minimum atomic E-state index is 0.180. The van der Waals surface area contributed by atoms with Crippen molar-refractivity contribution in [3.05, 3.63) is 27.2 Å². The minimum Gasteiger partial charge on any atom is -0.490 e. The number of hydrogen-bond donors (Lipinski definition) is 1. The Morgan fingerprint density at radius 1 is 1.25 bits per heavy atom. The maximum atomic E-state index is 5.96. The summed E-state index contributed by atoms with van der Waals surface area (Å²) in [6, 6.07) is 3.39. The highest BCUT2D eigenvalue weighted by atomic mass is 35.5. The zero-order chi connectivity index (χ0) is 12.1. The molecule has 5 heteroatoms. The fourth-order valence-electron chi connectivity index (χ4n) is 1.25. The lowest BCUT2D eigenvalue weighted by molar-refractivity contribution is 0.303. The topological polar surface area (TPSA) is 35.2 Å². The van der Waals surface area contributed by atoms with Crippen molar-refractivity contribution in [2.75, 3.05) is 6.61 Å². The smallest absolute Gasteiger partial charge is 0.156 e. The van der Waals surface area contributed by atoms with Crippen molar-refractivity contribution in [3.8, 4) is 5.75 Å². The Kier molecular flexibility index (Phi) is 5.70. The third-order valence-corrected chi connectivity index (χ3v) is 2.79. The van der Waals surface area contributed by atoms with Gasteiger partial charge >= 0.3 is 0 Å². The second-order valence-corrected chi connectivity index (χ2v) is 4.92. The van der Waals surface area contributed by atoms with Crippen LogP contribution in [0.2, 0.25) is 15.1 Å². The number of hydrogen-bond acceptors (Lipinski definition) is 2. The molecule has 0 fully saturated rings. The predicted molar refractivity (Wildman–Crippen MR) is 69.9 cm³/mol. The average Bonchev–Trinajstić information content (AvgIpc) is 2.14. The molecule has 1 aromatic carbocycles. The molecule has 0 spiro atoms. The number of benzene rings is 1. The van der Waals surface area contributed by atoms with Gasteiger partial charge in [-0.2, -0.15) is 0 Å². The van der Waals surface area contributed by atoms with E-state index in [9.17, 15) is 0 Å². The molecule has 2 N–H and O–H groups in total. The van der Waals surface area contributed by atoms with Crippen molar-refractivity contribution >= 4 is 34.8 Å². The van der Waals surface area contributed by atoms with Crippen LogP contribution in [0.5, 0.6) is 5.75 Å². The first kappa shape index (κ1) is 13.9. The summed E-state index contributed by atoms with van der Waals surface area (Å²) in [4.78, 5) is 0. The summed E-state index contributed by atoms with van der Waals surface area (Å²) >= 11 is 17.7. The van der Waals surface area contributed by atoms with Crippen LogP contribution in [0.3, 0.4) is 0 Å². The van der Waals surface area contributed by atoms with Gasteiger partial charge in [-0.1, -0.05) is 34.8 Å². The van der Waals surface area contributed by atoms with Crippen LogP contribution in [0.15, 0.2) is 12.1 Å². The van der Waals surface area contributed by atoms with Crippen LogP contribution in [0.25, 0.3) is 0 Å². The van der Waals surface area contributed by atoms with Crippen LogP contribution in [0.4, 0.5) is 0 Å². The molecule has 1 rings (SSSR count). The number of halogens is 3. The third kappa shape index (κ3) is 4.38. The second kappa shape index (κ2) is 6.55. The molecule has 0 bridgehead atoms. The van der Waals surface area contributed by atoms with E-state index in [1.807, 2.05) is 6.92 Å². The van der Waals surface area contributed by atoms with Crippen molar-refractivity contribution in [2.24, 2.45) is 5.73 Å². The summed E-state index contributed by atoms with van der Waals surface area (Å²) < 4.78 is 5.49. The molecule has 16 heavy (non-hydrogen) atoms. The van der Waals surface area contributed by atoms with Crippen molar-refractivity contribution in [2.45, 2.75) is 25.8 Å². The van der Waals surface area contributed by atoms with Gasteiger partial charge < -0.3 is 10.5 Å². The normalized spacial score (nSPS) is 12.6. The van der Waals surface area contributed by atoms with Crippen molar-refractivity contribution in [1.82, 2.24) is 0 Å². The molecule has 0 heterocycles. The van der Waals surface area contributed by atoms with E-state index in [1.165, 1.54) is 0 Å². The highest BCUT2D eigenvalue weighted by Gasteiger charge is 2.08. The van der Waals surface area contributed by atoms with Gasteiger partial charge in [-0.05, 0) is 31.9 Å². The zero-order valence-electron chi connectivity index (χ0n) is 8.97. The number of nitrogens with two attached hydrogens (primary N) is 1. The van der Waals surface area contributed by atoms with E-state index >= 15 is 0 Å². The van der Waals surface area contributed by atoms with Crippen LogP contribution in [0.1, 0.15) is 19.8 Å². The van der Waals surface area contributed by atoms with E-state index in [0.717, 1.165) is 12.8 Å². The largest absolute Gasteiger partial charge is 0.490 e. The summed E-state index contributed by atoms with van der Waals surface area (Å²) in [5, 5.41) is 1.36. The first-order chi connectivity index (χ1) is 7.50. The fourth-order valence-corrected chi connectivity index (χ4v) is 2.17. The van der Waals surface area contributed by atoms with E-state index in [-0.39, 0.29) is 6.04 Å². The molecule has 0 saturated carbocycles. The maximum absolute atomic E-state index is 5.96. The standard InChI is InChI=1S/C11H14Cl3NO/c1-7(15)3-2-4-16-11-9(13)5-8(12)6-10(11)14/h5-7H,2-4,15H2,1H3. The Morgan fingerprint density at radius 3 is 2.31 bits per heavy atom. The summed E-state index contributed by atoms with van der Waals surface area (Å²) in [5.74, 6) is 0.484. The van der Waals surface area contributed by atoms with Gasteiger partial charge in [-0.15, -0.1) is 0 Å². The molecular formula is C11H14Cl3NO. The van der Waals surface area contributed by atoms with Gasteiger partial charge in [0.1, 0.15) is 0 Å². The van der Waals surface area contributed by atoms with Gasteiger partial charge in [0.25, 0.3) is 0 Å². The van der Waals surface area contributed by atoms with Gasteiger partial charge in [-0.3, -0.25) is 0 Å². The Bertz CT molecular complexity index is 332. The monoisotopic (exact) mass is 281 g/mol. The molecule has 90 valence electrons. The Balaban J connectivity index is 2.54. The predicted octanol–water partition coefficient (Wildman–Crippen LogP) is 4.15. The molecule has 0 aliphatic heterocycles. The fraction of sp³-hybridized carbons (Fsp3) is 0.455. The van der Waals surface area contributed by atoms with Crippen LogP contribution in [0, 0.1) is 0 Å². The van der Waals surface area contributed by atoms with Crippen molar-refractivity contribution in [3.63, 3.8) is 0 Å². The van der Waals surface area contributed by atoms with E-state index in [0.29, 0.717) is 27.4 Å². The Hall–Kier alpha value is -0.150. The Morgan fingerprint density at radius 2 is 1.81 bits per heavy atom. The lowest BCUT2D eigenvalue weighted by Crippen LogP contribution is -2.15. The molecule has 0 amide bonds.